The third-order valence-electron chi connectivity index (χ3n) is 4.27. The molecule has 0 N–H and O–H groups in total. The number of thiophene rings is 1. The van der Waals surface area contributed by atoms with Gasteiger partial charge in [-0.15, -0.1) is 0 Å². The number of carbonyl (C=O) groups is 2. The third kappa shape index (κ3) is 4.52. The summed E-state index contributed by atoms with van der Waals surface area (Å²) in [6, 6.07) is 9.56. The van der Waals surface area contributed by atoms with E-state index in [1.807, 2.05) is 48.0 Å². The van der Waals surface area contributed by atoms with Crippen LogP contribution in [0.1, 0.15) is 40.5 Å². The zero-order valence-electron chi connectivity index (χ0n) is 15.4. The number of aromatic nitrogens is 1. The number of hydrogen-bond donors (Lipinski definition) is 0. The second kappa shape index (κ2) is 8.77. The van der Waals surface area contributed by atoms with E-state index in [0.717, 1.165) is 22.0 Å². The largest absolute Gasteiger partial charge is 0.462 e. The topological polar surface area (TPSA) is 65.5 Å². The molecule has 3 rings (SSSR count). The second-order valence-corrected chi connectivity index (χ2v) is 6.87. The fourth-order valence-corrected chi connectivity index (χ4v) is 3.62. The van der Waals surface area contributed by atoms with Crippen molar-refractivity contribution in [3.8, 4) is 0 Å². The molecule has 0 saturated heterocycles. The van der Waals surface area contributed by atoms with Gasteiger partial charge < -0.3 is 9.47 Å². The molecule has 0 fully saturated rings. The number of esters is 2. The average molecular weight is 383 g/mol. The highest BCUT2D eigenvalue weighted by Crippen LogP contribution is 2.24. The van der Waals surface area contributed by atoms with Crippen molar-refractivity contribution in [2.75, 3.05) is 6.61 Å². The Hall–Kier alpha value is -2.73. The Bertz CT molecular complexity index is 950. The first-order valence-corrected chi connectivity index (χ1v) is 9.76. The van der Waals surface area contributed by atoms with Crippen molar-refractivity contribution in [1.29, 1.82) is 0 Å². The summed E-state index contributed by atoms with van der Waals surface area (Å²) in [7, 11) is 0. The predicted molar refractivity (Wildman–Crippen MR) is 105 cm³/mol. The number of para-hydroxylation sites is 1. The van der Waals surface area contributed by atoms with Crippen molar-refractivity contribution in [3.05, 3.63) is 63.5 Å². The first-order chi connectivity index (χ1) is 13.1. The Kier molecular flexibility index (Phi) is 6.19. The molecule has 5 nitrogen and oxygen atoms in total. The van der Waals surface area contributed by atoms with E-state index < -0.39 is 5.97 Å². The van der Waals surface area contributed by atoms with Gasteiger partial charge in [-0.3, -0.25) is 4.79 Å². The number of nitrogens with zero attached hydrogens (tertiary/aromatic N) is 1. The molecule has 140 valence electrons. The number of aryl methyl sites for hydroxylation is 2. The minimum Gasteiger partial charge on any atom is -0.462 e. The fourth-order valence-electron chi connectivity index (χ4n) is 2.92. The molecule has 0 aliphatic rings. The van der Waals surface area contributed by atoms with Crippen molar-refractivity contribution in [2.45, 2.75) is 33.3 Å². The molecule has 0 radical (unpaired) electrons. The summed E-state index contributed by atoms with van der Waals surface area (Å²) >= 11 is 1.60. The number of rotatable bonds is 7. The molecular weight excluding hydrogens is 362 g/mol. The number of carbonyl (C=O) groups excluding carboxylic acids is 2. The Balaban J connectivity index is 1.80. The summed E-state index contributed by atoms with van der Waals surface area (Å²) in [5.41, 5.74) is 3.45. The molecule has 0 saturated carbocycles. The summed E-state index contributed by atoms with van der Waals surface area (Å²) in [5.74, 6) is -0.763. The van der Waals surface area contributed by atoms with Crippen LogP contribution in [0.5, 0.6) is 0 Å². The third-order valence-corrected chi connectivity index (χ3v) is 5.01. The van der Waals surface area contributed by atoms with Crippen LogP contribution in [0.2, 0.25) is 0 Å². The number of ether oxygens (including phenoxy) is 2. The molecule has 0 aliphatic carbocycles. The number of fused-ring (bicyclic) bond motifs is 1. The van der Waals surface area contributed by atoms with Gasteiger partial charge in [0.25, 0.3) is 0 Å². The van der Waals surface area contributed by atoms with Crippen molar-refractivity contribution in [1.82, 2.24) is 4.98 Å². The van der Waals surface area contributed by atoms with Gasteiger partial charge in [0.15, 0.2) is 0 Å². The summed E-state index contributed by atoms with van der Waals surface area (Å²) in [5, 5.41) is 4.88. The predicted octanol–water partition coefficient (Wildman–Crippen LogP) is 4.46. The van der Waals surface area contributed by atoms with E-state index in [9.17, 15) is 9.59 Å². The van der Waals surface area contributed by atoms with Gasteiger partial charge in [-0.1, -0.05) is 18.2 Å². The normalized spacial score (nSPS) is 10.7. The monoisotopic (exact) mass is 383 g/mol. The average Bonchev–Trinajstić information content (AvgIpc) is 3.18. The lowest BCUT2D eigenvalue weighted by Gasteiger charge is -2.14. The van der Waals surface area contributed by atoms with Crippen molar-refractivity contribution in [3.63, 3.8) is 0 Å². The van der Waals surface area contributed by atoms with Gasteiger partial charge in [0, 0.05) is 11.8 Å². The number of benzene rings is 1. The van der Waals surface area contributed by atoms with E-state index in [1.54, 1.807) is 18.3 Å². The zero-order valence-corrected chi connectivity index (χ0v) is 16.2. The second-order valence-electron chi connectivity index (χ2n) is 6.09. The van der Waals surface area contributed by atoms with Crippen LogP contribution in [0.4, 0.5) is 0 Å². The first-order valence-electron chi connectivity index (χ1n) is 8.82. The SMILES string of the molecule is CCOC(=O)c1c(COC(=O)CCc2ccsc2)nc2ccccc2c1C. The molecule has 2 aromatic heterocycles. The van der Waals surface area contributed by atoms with Gasteiger partial charge in [-0.05, 0) is 54.3 Å². The van der Waals surface area contributed by atoms with Crippen LogP contribution in [0, 0.1) is 6.92 Å². The molecular formula is C21H21NO4S. The van der Waals surface area contributed by atoms with E-state index >= 15 is 0 Å². The Morgan fingerprint density at radius 2 is 1.96 bits per heavy atom. The lowest BCUT2D eigenvalue weighted by atomic mass is 10.0. The van der Waals surface area contributed by atoms with Gasteiger partial charge in [0.1, 0.15) is 6.61 Å². The van der Waals surface area contributed by atoms with Crippen molar-refractivity contribution >= 4 is 34.2 Å². The van der Waals surface area contributed by atoms with Crippen LogP contribution in [0.3, 0.4) is 0 Å². The molecule has 1 aromatic carbocycles. The van der Waals surface area contributed by atoms with Crippen LogP contribution in [0.15, 0.2) is 41.1 Å². The Morgan fingerprint density at radius 1 is 1.15 bits per heavy atom. The van der Waals surface area contributed by atoms with Gasteiger partial charge >= 0.3 is 11.9 Å². The van der Waals surface area contributed by atoms with Gasteiger partial charge in [-0.2, -0.15) is 11.3 Å². The quantitative estimate of drug-likeness (QED) is 0.564. The van der Waals surface area contributed by atoms with Crippen LogP contribution < -0.4 is 0 Å². The molecule has 2 heterocycles. The van der Waals surface area contributed by atoms with E-state index in [-0.39, 0.29) is 25.6 Å². The Labute approximate surface area is 161 Å². The van der Waals surface area contributed by atoms with Crippen LogP contribution in [-0.4, -0.2) is 23.5 Å². The number of hydrogen-bond acceptors (Lipinski definition) is 6. The minimum absolute atomic E-state index is 0.0533. The highest BCUT2D eigenvalue weighted by molar-refractivity contribution is 7.07. The molecule has 0 bridgehead atoms. The maximum Gasteiger partial charge on any atom is 0.340 e. The molecule has 0 amide bonds. The van der Waals surface area contributed by atoms with Crippen LogP contribution in [-0.2, 0) is 27.3 Å². The lowest BCUT2D eigenvalue weighted by Crippen LogP contribution is -2.15. The van der Waals surface area contributed by atoms with E-state index in [4.69, 9.17) is 9.47 Å². The molecule has 3 aromatic rings. The smallest absolute Gasteiger partial charge is 0.340 e. The first kappa shape index (κ1) is 19.0. The lowest BCUT2D eigenvalue weighted by molar-refractivity contribution is -0.145. The molecule has 0 spiro atoms. The molecule has 0 atom stereocenters. The minimum atomic E-state index is -0.447. The van der Waals surface area contributed by atoms with E-state index in [2.05, 4.69) is 4.98 Å². The highest BCUT2D eigenvalue weighted by Gasteiger charge is 2.21. The van der Waals surface area contributed by atoms with Gasteiger partial charge in [-0.25, -0.2) is 9.78 Å². The summed E-state index contributed by atoms with van der Waals surface area (Å²) < 4.78 is 10.6. The zero-order chi connectivity index (χ0) is 19.2. The summed E-state index contributed by atoms with van der Waals surface area (Å²) in [6.07, 6.45) is 0.926. The molecule has 0 aliphatic heterocycles. The van der Waals surface area contributed by atoms with Crippen molar-refractivity contribution in [2.24, 2.45) is 0 Å². The highest BCUT2D eigenvalue weighted by atomic mass is 32.1. The molecule has 0 unspecified atom stereocenters. The maximum atomic E-state index is 12.5. The summed E-state index contributed by atoms with van der Waals surface area (Å²) in [4.78, 5) is 29.1. The molecule has 6 heteroatoms. The van der Waals surface area contributed by atoms with E-state index in [0.29, 0.717) is 17.7 Å². The van der Waals surface area contributed by atoms with Gasteiger partial charge in [0.05, 0.1) is 23.4 Å². The summed E-state index contributed by atoms with van der Waals surface area (Å²) in [6.45, 7) is 3.83. The van der Waals surface area contributed by atoms with Gasteiger partial charge in [0.2, 0.25) is 0 Å². The van der Waals surface area contributed by atoms with Crippen molar-refractivity contribution < 1.29 is 19.1 Å². The maximum absolute atomic E-state index is 12.5. The Morgan fingerprint density at radius 3 is 2.70 bits per heavy atom. The van der Waals surface area contributed by atoms with E-state index in [1.165, 1.54) is 0 Å². The fraction of sp³-hybridized carbons (Fsp3) is 0.286. The van der Waals surface area contributed by atoms with Crippen LogP contribution >= 0.6 is 11.3 Å². The number of pyridine rings is 1. The molecule has 27 heavy (non-hydrogen) atoms. The standard InChI is InChI=1S/C21H21NO4S/c1-3-25-21(24)20-14(2)16-6-4-5-7-17(16)22-18(20)12-26-19(23)9-8-15-10-11-27-13-15/h4-7,10-11,13H,3,8-9,12H2,1-2H3. The van der Waals surface area contributed by atoms with Crippen LogP contribution in [0.25, 0.3) is 10.9 Å².